The highest BCUT2D eigenvalue weighted by Gasteiger charge is 2.15. The van der Waals surface area contributed by atoms with Crippen molar-refractivity contribution in [3.63, 3.8) is 0 Å². The monoisotopic (exact) mass is 287 g/mol. The van der Waals surface area contributed by atoms with Crippen LogP contribution in [0, 0.1) is 13.8 Å². The molecule has 0 aliphatic carbocycles. The van der Waals surface area contributed by atoms with Crippen LogP contribution in [0.2, 0.25) is 0 Å². The van der Waals surface area contributed by atoms with Crippen LogP contribution in [0.3, 0.4) is 0 Å². The summed E-state index contributed by atoms with van der Waals surface area (Å²) in [4.78, 5) is 2.04. The van der Waals surface area contributed by atoms with Gasteiger partial charge in [-0.3, -0.25) is 4.90 Å². The fraction of sp³-hybridized carbons (Fsp3) is 0.400. The standard InChI is InChI=1S/C15H21N5O/c1-4-8-19(9-10-21)11-14-16-17-18-20(14)15-12(2)6-5-7-13(15)3/h4-7,21H,1,8-11H2,2-3H3. The minimum atomic E-state index is 0.0960. The van der Waals surface area contributed by atoms with E-state index in [2.05, 4.69) is 22.1 Å². The molecule has 0 saturated carbocycles. The van der Waals surface area contributed by atoms with E-state index in [0.29, 0.717) is 19.6 Å². The number of para-hydroxylation sites is 1. The Morgan fingerprint density at radius 2 is 2.05 bits per heavy atom. The van der Waals surface area contributed by atoms with Crippen molar-refractivity contribution in [2.75, 3.05) is 19.7 Å². The van der Waals surface area contributed by atoms with E-state index in [0.717, 1.165) is 22.6 Å². The number of benzene rings is 1. The number of aromatic nitrogens is 4. The SMILES string of the molecule is C=CCN(CCO)Cc1nnnn1-c1c(C)cccc1C. The van der Waals surface area contributed by atoms with E-state index in [1.807, 2.05) is 43.0 Å². The Balaban J connectivity index is 2.32. The van der Waals surface area contributed by atoms with E-state index < -0.39 is 0 Å². The lowest BCUT2D eigenvalue weighted by molar-refractivity contribution is 0.199. The van der Waals surface area contributed by atoms with Gasteiger partial charge in [0.25, 0.3) is 0 Å². The van der Waals surface area contributed by atoms with Gasteiger partial charge in [-0.25, -0.2) is 0 Å². The highest BCUT2D eigenvalue weighted by atomic mass is 16.3. The molecule has 0 aliphatic heterocycles. The number of tetrazole rings is 1. The maximum Gasteiger partial charge on any atom is 0.170 e. The predicted molar refractivity (Wildman–Crippen MR) is 81.2 cm³/mol. The summed E-state index contributed by atoms with van der Waals surface area (Å²) >= 11 is 0. The molecule has 0 radical (unpaired) electrons. The normalized spacial score (nSPS) is 11.0. The zero-order valence-corrected chi connectivity index (χ0v) is 12.5. The van der Waals surface area contributed by atoms with E-state index in [1.165, 1.54) is 0 Å². The molecule has 0 saturated heterocycles. The molecule has 0 fully saturated rings. The van der Waals surface area contributed by atoms with Crippen LogP contribution in [0.5, 0.6) is 0 Å². The quantitative estimate of drug-likeness (QED) is 0.777. The Bertz CT molecular complexity index is 588. The van der Waals surface area contributed by atoms with Crippen LogP contribution in [0.25, 0.3) is 5.69 Å². The Labute approximate surface area is 124 Å². The van der Waals surface area contributed by atoms with Gasteiger partial charge in [0.05, 0.1) is 18.8 Å². The molecular weight excluding hydrogens is 266 g/mol. The summed E-state index contributed by atoms with van der Waals surface area (Å²) in [6.45, 7) is 9.73. The molecule has 21 heavy (non-hydrogen) atoms. The van der Waals surface area contributed by atoms with Crippen molar-refractivity contribution in [1.82, 2.24) is 25.1 Å². The molecular formula is C15H21N5O. The molecule has 2 aromatic rings. The van der Waals surface area contributed by atoms with Gasteiger partial charge in [-0.2, -0.15) is 4.68 Å². The lowest BCUT2D eigenvalue weighted by Gasteiger charge is -2.19. The minimum absolute atomic E-state index is 0.0960. The maximum atomic E-state index is 9.13. The molecule has 0 aliphatic rings. The van der Waals surface area contributed by atoms with Crippen LogP contribution in [-0.4, -0.2) is 49.9 Å². The third-order valence-electron chi connectivity index (χ3n) is 3.35. The number of aliphatic hydroxyl groups is 1. The van der Waals surface area contributed by atoms with Gasteiger partial charge in [-0.1, -0.05) is 24.3 Å². The van der Waals surface area contributed by atoms with E-state index in [4.69, 9.17) is 5.11 Å². The fourth-order valence-electron chi connectivity index (χ4n) is 2.38. The molecule has 2 rings (SSSR count). The number of rotatable bonds is 7. The van der Waals surface area contributed by atoms with Crippen LogP contribution in [0.1, 0.15) is 17.0 Å². The molecule has 0 bridgehead atoms. The first-order valence-corrected chi connectivity index (χ1v) is 6.95. The molecule has 0 atom stereocenters. The Kier molecular flexibility index (Phi) is 5.19. The zero-order chi connectivity index (χ0) is 15.2. The average Bonchev–Trinajstić information content (AvgIpc) is 2.87. The summed E-state index contributed by atoms with van der Waals surface area (Å²) in [5.74, 6) is 0.753. The first-order valence-electron chi connectivity index (χ1n) is 6.95. The fourth-order valence-corrected chi connectivity index (χ4v) is 2.38. The Hall–Kier alpha value is -2.05. The van der Waals surface area contributed by atoms with Crippen molar-refractivity contribution in [2.45, 2.75) is 20.4 Å². The molecule has 0 amide bonds. The summed E-state index contributed by atoms with van der Waals surface area (Å²) in [6.07, 6.45) is 1.81. The number of hydrogen-bond donors (Lipinski definition) is 1. The van der Waals surface area contributed by atoms with Gasteiger partial charge in [0.15, 0.2) is 5.82 Å². The molecule has 0 unspecified atom stereocenters. The number of aliphatic hydroxyl groups excluding tert-OH is 1. The van der Waals surface area contributed by atoms with Crippen molar-refractivity contribution in [2.24, 2.45) is 0 Å². The van der Waals surface area contributed by atoms with E-state index in [1.54, 1.807) is 4.68 Å². The topological polar surface area (TPSA) is 67.1 Å². The smallest absolute Gasteiger partial charge is 0.170 e. The van der Waals surface area contributed by atoms with Crippen molar-refractivity contribution >= 4 is 0 Å². The Morgan fingerprint density at radius 3 is 2.67 bits per heavy atom. The molecule has 1 aromatic heterocycles. The van der Waals surface area contributed by atoms with E-state index in [9.17, 15) is 0 Å². The number of nitrogens with zero attached hydrogens (tertiary/aromatic N) is 5. The van der Waals surface area contributed by atoms with Crippen molar-refractivity contribution in [3.05, 3.63) is 47.8 Å². The van der Waals surface area contributed by atoms with Gasteiger partial charge in [0, 0.05) is 13.1 Å². The minimum Gasteiger partial charge on any atom is -0.395 e. The summed E-state index contributed by atoms with van der Waals surface area (Å²) in [5.41, 5.74) is 3.27. The predicted octanol–water partition coefficient (Wildman–Crippen LogP) is 1.26. The van der Waals surface area contributed by atoms with Crippen molar-refractivity contribution in [3.8, 4) is 5.69 Å². The van der Waals surface area contributed by atoms with Crippen LogP contribution in [0.15, 0.2) is 30.9 Å². The third kappa shape index (κ3) is 3.53. The van der Waals surface area contributed by atoms with E-state index in [-0.39, 0.29) is 6.61 Å². The second-order valence-corrected chi connectivity index (χ2v) is 4.99. The molecule has 112 valence electrons. The van der Waals surface area contributed by atoms with Crippen LogP contribution in [0.4, 0.5) is 0 Å². The number of aryl methyl sites for hydroxylation is 2. The van der Waals surface area contributed by atoms with Crippen LogP contribution in [-0.2, 0) is 6.54 Å². The largest absolute Gasteiger partial charge is 0.395 e. The highest BCUT2D eigenvalue weighted by molar-refractivity contribution is 5.46. The lowest BCUT2D eigenvalue weighted by atomic mass is 10.1. The summed E-state index contributed by atoms with van der Waals surface area (Å²) in [6, 6.07) is 6.11. The first-order chi connectivity index (χ1) is 10.2. The van der Waals surface area contributed by atoms with Crippen LogP contribution >= 0.6 is 0 Å². The lowest BCUT2D eigenvalue weighted by Crippen LogP contribution is -2.28. The molecule has 6 nitrogen and oxygen atoms in total. The highest BCUT2D eigenvalue weighted by Crippen LogP contribution is 2.19. The third-order valence-corrected chi connectivity index (χ3v) is 3.35. The van der Waals surface area contributed by atoms with Gasteiger partial charge in [-0.15, -0.1) is 11.7 Å². The second-order valence-electron chi connectivity index (χ2n) is 4.99. The van der Waals surface area contributed by atoms with Gasteiger partial charge in [0.2, 0.25) is 0 Å². The Morgan fingerprint density at radius 1 is 1.33 bits per heavy atom. The van der Waals surface area contributed by atoms with Gasteiger partial charge < -0.3 is 5.11 Å². The average molecular weight is 287 g/mol. The van der Waals surface area contributed by atoms with Gasteiger partial charge in [-0.05, 0) is 35.4 Å². The van der Waals surface area contributed by atoms with Gasteiger partial charge in [0.1, 0.15) is 0 Å². The van der Waals surface area contributed by atoms with Crippen LogP contribution < -0.4 is 0 Å². The molecule has 1 N–H and O–H groups in total. The summed E-state index contributed by atoms with van der Waals surface area (Å²) < 4.78 is 1.78. The number of hydrogen-bond acceptors (Lipinski definition) is 5. The van der Waals surface area contributed by atoms with E-state index >= 15 is 0 Å². The van der Waals surface area contributed by atoms with Crippen molar-refractivity contribution in [1.29, 1.82) is 0 Å². The molecule has 6 heteroatoms. The molecule has 0 spiro atoms. The zero-order valence-electron chi connectivity index (χ0n) is 12.5. The molecule has 1 aromatic carbocycles. The summed E-state index contributed by atoms with van der Waals surface area (Å²) in [7, 11) is 0. The second kappa shape index (κ2) is 7.10. The maximum absolute atomic E-state index is 9.13. The van der Waals surface area contributed by atoms with Gasteiger partial charge >= 0.3 is 0 Å². The van der Waals surface area contributed by atoms with Crippen molar-refractivity contribution < 1.29 is 5.11 Å². The molecule has 1 heterocycles. The summed E-state index contributed by atoms with van der Waals surface area (Å²) in [5, 5.41) is 21.2. The first kappa shape index (κ1) is 15.3.